The van der Waals surface area contributed by atoms with Gasteiger partial charge < -0.3 is 14.7 Å². The maximum Gasteiger partial charge on any atom is 0.329 e. The Kier molecular flexibility index (Phi) is 8.07. The second-order valence-electron chi connectivity index (χ2n) is 7.72. The van der Waals surface area contributed by atoms with E-state index in [0.717, 1.165) is 37.7 Å². The SMILES string of the molecule is CC(COCC(=O)O)CN1CCN(C(c2ccccc2)c2ccc(Cl)cc2)CC1. The Morgan fingerprint density at radius 1 is 1.03 bits per heavy atom. The van der Waals surface area contributed by atoms with Crippen molar-refractivity contribution in [2.45, 2.75) is 13.0 Å². The van der Waals surface area contributed by atoms with Gasteiger partial charge in [0.1, 0.15) is 6.61 Å². The summed E-state index contributed by atoms with van der Waals surface area (Å²) in [7, 11) is 0. The Labute approximate surface area is 177 Å². The highest BCUT2D eigenvalue weighted by atomic mass is 35.5. The van der Waals surface area contributed by atoms with Gasteiger partial charge in [-0.1, -0.05) is 61.0 Å². The van der Waals surface area contributed by atoms with Crippen molar-refractivity contribution in [1.29, 1.82) is 0 Å². The molecule has 3 rings (SSSR count). The predicted molar refractivity (Wildman–Crippen MR) is 115 cm³/mol. The molecule has 2 aromatic carbocycles. The average Bonchev–Trinajstić information content (AvgIpc) is 2.71. The molecule has 1 saturated heterocycles. The number of carbonyl (C=O) groups is 1. The minimum absolute atomic E-state index is 0.215. The summed E-state index contributed by atoms with van der Waals surface area (Å²) < 4.78 is 5.24. The van der Waals surface area contributed by atoms with E-state index in [0.29, 0.717) is 12.5 Å². The molecule has 2 atom stereocenters. The molecular weight excluding hydrogens is 388 g/mol. The molecule has 29 heavy (non-hydrogen) atoms. The molecule has 5 nitrogen and oxygen atoms in total. The summed E-state index contributed by atoms with van der Waals surface area (Å²) in [6.45, 7) is 7.21. The summed E-state index contributed by atoms with van der Waals surface area (Å²) in [5.74, 6) is -0.609. The van der Waals surface area contributed by atoms with Crippen LogP contribution in [-0.4, -0.2) is 66.8 Å². The maximum absolute atomic E-state index is 10.6. The molecule has 1 aliphatic rings. The van der Waals surface area contributed by atoms with Crippen LogP contribution >= 0.6 is 11.6 Å². The van der Waals surface area contributed by atoms with Crippen molar-refractivity contribution in [2.24, 2.45) is 5.92 Å². The summed E-state index contributed by atoms with van der Waals surface area (Å²) >= 11 is 6.11. The van der Waals surface area contributed by atoms with E-state index in [9.17, 15) is 4.79 Å². The number of carboxylic acid groups (broad SMARTS) is 1. The van der Waals surface area contributed by atoms with Crippen molar-refractivity contribution in [2.75, 3.05) is 45.9 Å². The fourth-order valence-electron chi connectivity index (χ4n) is 3.94. The number of halogens is 1. The topological polar surface area (TPSA) is 53.0 Å². The highest BCUT2D eigenvalue weighted by Gasteiger charge is 2.26. The van der Waals surface area contributed by atoms with Gasteiger partial charge in [-0.3, -0.25) is 4.90 Å². The monoisotopic (exact) mass is 416 g/mol. The maximum atomic E-state index is 10.6. The molecule has 1 aliphatic heterocycles. The molecule has 1 N–H and O–H groups in total. The molecule has 0 aromatic heterocycles. The van der Waals surface area contributed by atoms with E-state index in [2.05, 4.69) is 53.1 Å². The van der Waals surface area contributed by atoms with Gasteiger partial charge in [-0.05, 0) is 29.2 Å². The van der Waals surface area contributed by atoms with Gasteiger partial charge in [-0.25, -0.2) is 4.79 Å². The first-order valence-electron chi connectivity index (χ1n) is 10.1. The lowest BCUT2D eigenvalue weighted by atomic mass is 9.96. The molecule has 0 bridgehead atoms. The van der Waals surface area contributed by atoms with Crippen molar-refractivity contribution < 1.29 is 14.6 Å². The van der Waals surface area contributed by atoms with E-state index < -0.39 is 5.97 Å². The lowest BCUT2D eigenvalue weighted by molar-refractivity contribution is -0.142. The first-order valence-corrected chi connectivity index (χ1v) is 10.5. The Morgan fingerprint density at radius 2 is 1.66 bits per heavy atom. The summed E-state index contributed by atoms with van der Waals surface area (Å²) in [5, 5.41) is 9.44. The number of hydrogen-bond acceptors (Lipinski definition) is 4. The van der Waals surface area contributed by atoms with Gasteiger partial charge in [0.25, 0.3) is 0 Å². The van der Waals surface area contributed by atoms with Gasteiger partial charge in [0.05, 0.1) is 12.6 Å². The van der Waals surface area contributed by atoms with Crippen molar-refractivity contribution in [3.8, 4) is 0 Å². The van der Waals surface area contributed by atoms with E-state index in [1.165, 1.54) is 11.1 Å². The number of carboxylic acids is 1. The van der Waals surface area contributed by atoms with Crippen LogP contribution in [0.2, 0.25) is 5.02 Å². The Balaban J connectivity index is 1.60. The fraction of sp³-hybridized carbons (Fsp3) is 0.435. The van der Waals surface area contributed by atoms with Gasteiger partial charge >= 0.3 is 5.97 Å². The fourth-order valence-corrected chi connectivity index (χ4v) is 4.07. The Bertz CT molecular complexity index is 761. The molecular formula is C23H29ClN2O3. The number of aliphatic carboxylic acids is 1. The Hall–Kier alpha value is -1.92. The lowest BCUT2D eigenvalue weighted by Gasteiger charge is -2.40. The zero-order valence-electron chi connectivity index (χ0n) is 16.8. The van der Waals surface area contributed by atoms with Crippen molar-refractivity contribution in [1.82, 2.24) is 9.80 Å². The number of piperazine rings is 1. The molecule has 0 spiro atoms. The van der Waals surface area contributed by atoms with Crippen LogP contribution in [0.4, 0.5) is 0 Å². The zero-order chi connectivity index (χ0) is 20.6. The van der Waals surface area contributed by atoms with Gasteiger partial charge in [0.15, 0.2) is 0 Å². The van der Waals surface area contributed by atoms with Crippen molar-refractivity contribution in [3.63, 3.8) is 0 Å². The number of nitrogens with zero attached hydrogens (tertiary/aromatic N) is 2. The molecule has 0 aliphatic carbocycles. The van der Waals surface area contributed by atoms with Gasteiger partial charge in [0, 0.05) is 37.7 Å². The van der Waals surface area contributed by atoms with Crippen molar-refractivity contribution in [3.05, 3.63) is 70.7 Å². The quantitative estimate of drug-likeness (QED) is 0.674. The average molecular weight is 417 g/mol. The smallest absolute Gasteiger partial charge is 0.329 e. The molecule has 0 saturated carbocycles. The van der Waals surface area contributed by atoms with Crippen LogP contribution in [0, 0.1) is 5.92 Å². The first kappa shape index (κ1) is 21.8. The lowest BCUT2D eigenvalue weighted by Crippen LogP contribution is -2.49. The second-order valence-corrected chi connectivity index (χ2v) is 8.15. The van der Waals surface area contributed by atoms with Crippen LogP contribution in [-0.2, 0) is 9.53 Å². The largest absolute Gasteiger partial charge is 0.480 e. The summed E-state index contributed by atoms with van der Waals surface area (Å²) in [6.07, 6.45) is 0. The van der Waals surface area contributed by atoms with Gasteiger partial charge in [0.2, 0.25) is 0 Å². The van der Waals surface area contributed by atoms with Crippen LogP contribution in [0.15, 0.2) is 54.6 Å². The second kappa shape index (κ2) is 10.7. The minimum atomic E-state index is -0.917. The molecule has 0 radical (unpaired) electrons. The summed E-state index contributed by atoms with van der Waals surface area (Å²) in [5.41, 5.74) is 2.54. The molecule has 156 valence electrons. The third kappa shape index (κ3) is 6.54. The van der Waals surface area contributed by atoms with Crippen LogP contribution in [0.1, 0.15) is 24.1 Å². The van der Waals surface area contributed by atoms with E-state index in [1.54, 1.807) is 0 Å². The van der Waals surface area contributed by atoms with Crippen LogP contribution in [0.3, 0.4) is 0 Å². The summed E-state index contributed by atoms with van der Waals surface area (Å²) in [6, 6.07) is 19.0. The number of hydrogen-bond donors (Lipinski definition) is 1. The van der Waals surface area contributed by atoms with E-state index in [1.807, 2.05) is 18.2 Å². The minimum Gasteiger partial charge on any atom is -0.480 e. The van der Waals surface area contributed by atoms with E-state index in [-0.39, 0.29) is 12.6 Å². The molecule has 6 heteroatoms. The Morgan fingerprint density at radius 3 is 2.28 bits per heavy atom. The number of ether oxygens (including phenoxy) is 1. The number of rotatable bonds is 9. The van der Waals surface area contributed by atoms with E-state index >= 15 is 0 Å². The molecule has 1 heterocycles. The van der Waals surface area contributed by atoms with Crippen LogP contribution < -0.4 is 0 Å². The zero-order valence-corrected chi connectivity index (χ0v) is 17.6. The third-order valence-corrected chi connectivity index (χ3v) is 5.52. The highest BCUT2D eigenvalue weighted by molar-refractivity contribution is 6.30. The normalized spacial score (nSPS) is 17.7. The third-order valence-electron chi connectivity index (χ3n) is 5.27. The molecule has 1 fully saturated rings. The summed E-state index contributed by atoms with van der Waals surface area (Å²) in [4.78, 5) is 15.5. The van der Waals surface area contributed by atoms with E-state index in [4.69, 9.17) is 21.4 Å². The number of benzene rings is 2. The first-order chi connectivity index (χ1) is 14.0. The van der Waals surface area contributed by atoms with Crippen LogP contribution in [0.5, 0.6) is 0 Å². The standard InChI is InChI=1S/C23H29ClN2O3/c1-18(16-29-17-22(27)28)15-25-11-13-26(14-12-25)23(19-5-3-2-4-6-19)20-7-9-21(24)10-8-20/h2-10,18,23H,11-17H2,1H3,(H,27,28). The highest BCUT2D eigenvalue weighted by Crippen LogP contribution is 2.30. The van der Waals surface area contributed by atoms with Crippen molar-refractivity contribution >= 4 is 17.6 Å². The van der Waals surface area contributed by atoms with Gasteiger partial charge in [-0.2, -0.15) is 0 Å². The van der Waals surface area contributed by atoms with Crippen LogP contribution in [0.25, 0.3) is 0 Å². The predicted octanol–water partition coefficient (Wildman–Crippen LogP) is 3.78. The van der Waals surface area contributed by atoms with Gasteiger partial charge in [-0.15, -0.1) is 0 Å². The molecule has 2 aromatic rings. The molecule has 2 unspecified atom stereocenters. The molecule has 0 amide bonds.